The third-order valence-electron chi connectivity index (χ3n) is 3.22. The SMILES string of the molecule is COc1ccc2c(c1)OC[C@H](C(=O)NCCSC(F)(F)F)C2. The first kappa shape index (κ1) is 16.8. The summed E-state index contributed by atoms with van der Waals surface area (Å²) in [4.78, 5) is 11.9. The molecule has 4 nitrogen and oxygen atoms in total. The van der Waals surface area contributed by atoms with Crippen LogP contribution in [0.25, 0.3) is 0 Å². The predicted octanol–water partition coefficient (Wildman–Crippen LogP) is 2.62. The number of fused-ring (bicyclic) bond motifs is 1. The van der Waals surface area contributed by atoms with Crippen LogP contribution in [0, 0.1) is 5.92 Å². The number of rotatable bonds is 5. The van der Waals surface area contributed by atoms with Gasteiger partial charge in [-0.25, -0.2) is 0 Å². The summed E-state index contributed by atoms with van der Waals surface area (Å²) >= 11 is -0.145. The summed E-state index contributed by atoms with van der Waals surface area (Å²) in [6, 6.07) is 5.36. The van der Waals surface area contributed by atoms with Crippen LogP contribution in [0.15, 0.2) is 18.2 Å². The standard InChI is InChI=1S/C14H16F3NO3S/c1-20-11-3-2-9-6-10(8-21-12(9)7-11)13(19)18-4-5-22-14(15,16)17/h2-3,7,10H,4-6,8H2,1H3,(H,18,19)/t10-/m1/s1. The van der Waals surface area contributed by atoms with E-state index in [1.807, 2.05) is 6.07 Å². The summed E-state index contributed by atoms with van der Waals surface area (Å²) < 4.78 is 46.6. The van der Waals surface area contributed by atoms with Crippen LogP contribution in [0.5, 0.6) is 11.5 Å². The Balaban J connectivity index is 1.83. The second kappa shape index (κ2) is 7.13. The highest BCUT2D eigenvalue weighted by molar-refractivity contribution is 8.00. The Morgan fingerprint density at radius 3 is 2.95 bits per heavy atom. The van der Waals surface area contributed by atoms with Gasteiger partial charge in [0.15, 0.2) is 0 Å². The third-order valence-corrected chi connectivity index (χ3v) is 3.95. The summed E-state index contributed by atoms with van der Waals surface area (Å²) in [7, 11) is 1.56. The fraction of sp³-hybridized carbons (Fsp3) is 0.500. The van der Waals surface area contributed by atoms with Crippen molar-refractivity contribution in [2.75, 3.05) is 26.0 Å². The molecule has 1 heterocycles. The third kappa shape index (κ3) is 4.72. The molecule has 1 aliphatic heterocycles. The number of methoxy groups -OCH3 is 1. The van der Waals surface area contributed by atoms with Crippen molar-refractivity contribution in [2.24, 2.45) is 5.92 Å². The van der Waals surface area contributed by atoms with Crippen molar-refractivity contribution in [1.82, 2.24) is 5.32 Å². The van der Waals surface area contributed by atoms with Crippen molar-refractivity contribution in [2.45, 2.75) is 11.9 Å². The quantitative estimate of drug-likeness (QED) is 0.841. The molecule has 0 fully saturated rings. The Morgan fingerprint density at radius 2 is 2.27 bits per heavy atom. The van der Waals surface area contributed by atoms with Crippen molar-refractivity contribution in [1.29, 1.82) is 0 Å². The molecule has 0 unspecified atom stereocenters. The average Bonchev–Trinajstić information content (AvgIpc) is 2.49. The Morgan fingerprint density at radius 1 is 1.50 bits per heavy atom. The van der Waals surface area contributed by atoms with E-state index in [4.69, 9.17) is 9.47 Å². The molecule has 1 amide bonds. The molecule has 1 aliphatic rings. The lowest BCUT2D eigenvalue weighted by atomic mass is 9.96. The highest BCUT2D eigenvalue weighted by Gasteiger charge is 2.29. The maximum Gasteiger partial charge on any atom is 0.441 e. The molecule has 0 saturated carbocycles. The van der Waals surface area contributed by atoms with Gasteiger partial charge in [-0.15, -0.1) is 0 Å². The van der Waals surface area contributed by atoms with Crippen LogP contribution >= 0.6 is 11.8 Å². The van der Waals surface area contributed by atoms with Gasteiger partial charge in [-0.2, -0.15) is 13.2 Å². The first-order chi connectivity index (χ1) is 10.4. The molecule has 1 aromatic carbocycles. The van der Waals surface area contributed by atoms with Crippen LogP contribution in [0.1, 0.15) is 5.56 Å². The van der Waals surface area contributed by atoms with Gasteiger partial charge < -0.3 is 14.8 Å². The van der Waals surface area contributed by atoms with E-state index in [0.29, 0.717) is 17.9 Å². The number of hydrogen-bond donors (Lipinski definition) is 1. The zero-order chi connectivity index (χ0) is 16.2. The number of ether oxygens (including phenoxy) is 2. The molecular weight excluding hydrogens is 319 g/mol. The number of carbonyl (C=O) groups is 1. The van der Waals surface area contributed by atoms with Crippen LogP contribution < -0.4 is 14.8 Å². The number of benzene rings is 1. The molecule has 1 aromatic rings. The van der Waals surface area contributed by atoms with Gasteiger partial charge in [0.25, 0.3) is 0 Å². The van der Waals surface area contributed by atoms with E-state index in [1.54, 1.807) is 19.2 Å². The number of nitrogens with one attached hydrogen (secondary N) is 1. The average molecular weight is 335 g/mol. The first-order valence-corrected chi connectivity index (χ1v) is 7.65. The molecule has 1 atom stereocenters. The minimum absolute atomic E-state index is 0.0189. The molecule has 0 aliphatic carbocycles. The highest BCUT2D eigenvalue weighted by Crippen LogP contribution is 2.31. The van der Waals surface area contributed by atoms with E-state index in [-0.39, 0.29) is 36.6 Å². The fourth-order valence-electron chi connectivity index (χ4n) is 2.13. The summed E-state index contributed by atoms with van der Waals surface area (Å²) in [6.07, 6.45) is 0.498. The van der Waals surface area contributed by atoms with Crippen LogP contribution in [0.2, 0.25) is 0 Å². The van der Waals surface area contributed by atoms with Crippen LogP contribution in [0.3, 0.4) is 0 Å². The van der Waals surface area contributed by atoms with Gasteiger partial charge in [0.05, 0.1) is 13.0 Å². The van der Waals surface area contributed by atoms with Gasteiger partial charge in [0.2, 0.25) is 5.91 Å². The lowest BCUT2D eigenvalue weighted by Gasteiger charge is -2.25. The Bertz CT molecular complexity index is 537. The van der Waals surface area contributed by atoms with E-state index >= 15 is 0 Å². The maximum atomic E-state index is 12.0. The van der Waals surface area contributed by atoms with Crippen molar-refractivity contribution >= 4 is 17.7 Å². The molecule has 1 N–H and O–H groups in total. The largest absolute Gasteiger partial charge is 0.497 e. The summed E-state index contributed by atoms with van der Waals surface area (Å²) in [5.74, 6) is 0.472. The molecule has 2 rings (SSSR count). The van der Waals surface area contributed by atoms with E-state index in [0.717, 1.165) is 5.56 Å². The van der Waals surface area contributed by atoms with Crippen molar-refractivity contribution in [3.05, 3.63) is 23.8 Å². The van der Waals surface area contributed by atoms with E-state index in [2.05, 4.69) is 5.32 Å². The molecule has 0 radical (unpaired) electrons. The second-order valence-corrected chi connectivity index (χ2v) is 5.93. The number of carbonyl (C=O) groups excluding carboxylic acids is 1. The summed E-state index contributed by atoms with van der Waals surface area (Å²) in [5, 5.41) is 2.51. The molecule has 0 aromatic heterocycles. The van der Waals surface area contributed by atoms with Gasteiger partial charge in [-0.3, -0.25) is 4.79 Å². The van der Waals surface area contributed by atoms with Gasteiger partial charge in [-0.05, 0) is 29.8 Å². The predicted molar refractivity (Wildman–Crippen MR) is 77.2 cm³/mol. The number of amides is 1. The number of thioether (sulfide) groups is 1. The topological polar surface area (TPSA) is 47.6 Å². The van der Waals surface area contributed by atoms with Crippen LogP contribution in [-0.2, 0) is 11.2 Å². The van der Waals surface area contributed by atoms with Crippen molar-refractivity contribution in [3.8, 4) is 11.5 Å². The number of halogens is 3. The highest BCUT2D eigenvalue weighted by atomic mass is 32.2. The molecule has 0 spiro atoms. The van der Waals surface area contributed by atoms with Gasteiger partial charge >= 0.3 is 5.51 Å². The van der Waals surface area contributed by atoms with E-state index < -0.39 is 11.4 Å². The molecule has 8 heteroatoms. The molecular formula is C14H16F3NO3S. The maximum absolute atomic E-state index is 12.0. The lowest BCUT2D eigenvalue weighted by Crippen LogP contribution is -2.38. The summed E-state index contributed by atoms with van der Waals surface area (Å²) in [5.41, 5.74) is -3.38. The van der Waals surface area contributed by atoms with Gasteiger partial charge in [0, 0.05) is 18.4 Å². The van der Waals surface area contributed by atoms with Crippen LogP contribution in [0.4, 0.5) is 13.2 Å². The Labute approximate surface area is 130 Å². The van der Waals surface area contributed by atoms with E-state index in [9.17, 15) is 18.0 Å². The Kier molecular flexibility index (Phi) is 5.44. The lowest BCUT2D eigenvalue weighted by molar-refractivity contribution is -0.126. The van der Waals surface area contributed by atoms with Crippen molar-refractivity contribution < 1.29 is 27.4 Å². The van der Waals surface area contributed by atoms with Crippen LogP contribution in [-0.4, -0.2) is 37.4 Å². The number of hydrogen-bond acceptors (Lipinski definition) is 4. The van der Waals surface area contributed by atoms with E-state index in [1.165, 1.54) is 0 Å². The van der Waals surface area contributed by atoms with Gasteiger partial charge in [-0.1, -0.05) is 6.07 Å². The molecule has 0 bridgehead atoms. The van der Waals surface area contributed by atoms with Gasteiger partial charge in [0.1, 0.15) is 18.1 Å². The number of alkyl halides is 3. The first-order valence-electron chi connectivity index (χ1n) is 6.67. The fourth-order valence-corrected chi connectivity index (χ4v) is 2.57. The molecule has 0 saturated heterocycles. The smallest absolute Gasteiger partial charge is 0.441 e. The normalized spacial score (nSPS) is 17.4. The minimum Gasteiger partial charge on any atom is -0.497 e. The minimum atomic E-state index is -4.27. The monoisotopic (exact) mass is 335 g/mol. The molecule has 22 heavy (non-hydrogen) atoms. The Hall–Kier alpha value is -1.57. The second-order valence-electron chi connectivity index (χ2n) is 4.77. The zero-order valence-corrected chi connectivity index (χ0v) is 12.7. The molecule has 122 valence electrons. The zero-order valence-electron chi connectivity index (χ0n) is 11.9. The summed E-state index contributed by atoms with van der Waals surface area (Å²) in [6.45, 7) is 0.188. The van der Waals surface area contributed by atoms with Crippen molar-refractivity contribution in [3.63, 3.8) is 0 Å².